The molecule has 0 rings (SSSR count). The Morgan fingerprint density at radius 3 is 2.40 bits per heavy atom. The highest BCUT2D eigenvalue weighted by Gasteiger charge is 2.17. The lowest BCUT2D eigenvalue weighted by atomic mass is 9.96. The molecule has 4 heteroatoms. The molecular weight excluding hydrogens is 192 g/mol. The van der Waals surface area contributed by atoms with Crippen molar-refractivity contribution in [2.45, 2.75) is 33.2 Å². The van der Waals surface area contributed by atoms with Crippen LogP contribution in [0.5, 0.6) is 0 Å². The highest BCUT2D eigenvalue weighted by Crippen LogP contribution is 2.14. The van der Waals surface area contributed by atoms with Gasteiger partial charge in [-0.2, -0.15) is 0 Å². The zero-order valence-corrected chi connectivity index (χ0v) is 10.5. The Morgan fingerprint density at radius 2 is 2.00 bits per heavy atom. The van der Waals surface area contributed by atoms with Crippen LogP contribution < -0.4 is 5.73 Å². The van der Waals surface area contributed by atoms with E-state index in [9.17, 15) is 4.79 Å². The van der Waals surface area contributed by atoms with E-state index in [1.54, 1.807) is 0 Å². The topological polar surface area (TPSA) is 55.6 Å². The number of nitrogens with zero attached hydrogens (tertiary/aromatic N) is 1. The van der Waals surface area contributed by atoms with Gasteiger partial charge in [-0.15, -0.1) is 0 Å². The van der Waals surface area contributed by atoms with E-state index in [2.05, 4.69) is 30.4 Å². The molecule has 0 aliphatic rings. The maximum Gasteiger partial charge on any atom is 0.322 e. The van der Waals surface area contributed by atoms with Crippen LogP contribution >= 0.6 is 0 Å². The van der Waals surface area contributed by atoms with Crippen LogP contribution in [0, 0.1) is 5.41 Å². The summed E-state index contributed by atoms with van der Waals surface area (Å²) in [6.45, 7) is 8.35. The van der Waals surface area contributed by atoms with Crippen molar-refractivity contribution >= 4 is 5.97 Å². The first kappa shape index (κ1) is 14.4. The summed E-state index contributed by atoms with van der Waals surface area (Å²) < 4.78 is 4.56. The zero-order valence-electron chi connectivity index (χ0n) is 10.5. The van der Waals surface area contributed by atoms with Crippen LogP contribution in [0.1, 0.15) is 27.2 Å². The second kappa shape index (κ2) is 6.08. The standard InChI is InChI=1S/C11H24N2O2/c1-11(2,3)8-13(4)7-6-9(12)10(14)15-5/h9H,6-8,12H2,1-5H3. The minimum Gasteiger partial charge on any atom is -0.468 e. The van der Waals surface area contributed by atoms with Crippen molar-refractivity contribution in [1.29, 1.82) is 0 Å². The number of nitrogens with two attached hydrogens (primary N) is 1. The summed E-state index contributed by atoms with van der Waals surface area (Å²) in [5.74, 6) is -0.334. The molecule has 0 saturated carbocycles. The van der Waals surface area contributed by atoms with Crippen molar-refractivity contribution in [3.05, 3.63) is 0 Å². The Labute approximate surface area is 92.8 Å². The summed E-state index contributed by atoms with van der Waals surface area (Å²) in [6.07, 6.45) is 0.638. The highest BCUT2D eigenvalue weighted by molar-refractivity contribution is 5.75. The van der Waals surface area contributed by atoms with Gasteiger partial charge in [-0.1, -0.05) is 20.8 Å². The van der Waals surface area contributed by atoms with Crippen molar-refractivity contribution in [1.82, 2.24) is 4.90 Å². The number of methoxy groups -OCH3 is 1. The summed E-state index contributed by atoms with van der Waals surface area (Å²) >= 11 is 0. The van der Waals surface area contributed by atoms with E-state index >= 15 is 0 Å². The molecule has 0 aromatic carbocycles. The van der Waals surface area contributed by atoms with Gasteiger partial charge in [0.25, 0.3) is 0 Å². The first-order valence-corrected chi connectivity index (χ1v) is 5.28. The lowest BCUT2D eigenvalue weighted by Gasteiger charge is -2.26. The van der Waals surface area contributed by atoms with Gasteiger partial charge in [0, 0.05) is 6.54 Å². The van der Waals surface area contributed by atoms with Crippen molar-refractivity contribution in [2.75, 3.05) is 27.2 Å². The second-order valence-corrected chi connectivity index (χ2v) is 5.22. The third kappa shape index (κ3) is 7.33. The average Bonchev–Trinajstić information content (AvgIpc) is 2.10. The number of hydrogen-bond acceptors (Lipinski definition) is 4. The van der Waals surface area contributed by atoms with Gasteiger partial charge in [0.05, 0.1) is 7.11 Å². The Morgan fingerprint density at radius 1 is 1.47 bits per heavy atom. The van der Waals surface area contributed by atoms with Crippen LogP contribution in [0.4, 0.5) is 0 Å². The van der Waals surface area contributed by atoms with Gasteiger partial charge in [0.1, 0.15) is 6.04 Å². The molecule has 0 spiro atoms. The van der Waals surface area contributed by atoms with Gasteiger partial charge in [-0.3, -0.25) is 4.79 Å². The maximum atomic E-state index is 11.0. The molecule has 0 fully saturated rings. The Balaban J connectivity index is 3.81. The van der Waals surface area contributed by atoms with E-state index in [-0.39, 0.29) is 11.4 Å². The summed E-state index contributed by atoms with van der Waals surface area (Å²) in [6, 6.07) is -0.502. The third-order valence-electron chi connectivity index (χ3n) is 2.07. The molecule has 0 aliphatic carbocycles. The van der Waals surface area contributed by atoms with Crippen molar-refractivity contribution in [2.24, 2.45) is 11.1 Å². The molecule has 0 aromatic heterocycles. The molecule has 0 aliphatic heterocycles. The van der Waals surface area contributed by atoms with Gasteiger partial charge in [-0.25, -0.2) is 0 Å². The number of hydrogen-bond donors (Lipinski definition) is 1. The number of carbonyl (C=O) groups is 1. The fourth-order valence-corrected chi connectivity index (χ4v) is 1.52. The Bertz CT molecular complexity index is 199. The van der Waals surface area contributed by atoms with Crippen LogP contribution in [-0.2, 0) is 9.53 Å². The molecule has 0 amide bonds. The van der Waals surface area contributed by atoms with Crippen LogP contribution in [0.3, 0.4) is 0 Å². The van der Waals surface area contributed by atoms with E-state index in [1.165, 1.54) is 7.11 Å². The largest absolute Gasteiger partial charge is 0.468 e. The molecule has 0 aromatic rings. The van der Waals surface area contributed by atoms with E-state index in [0.29, 0.717) is 6.42 Å². The molecule has 15 heavy (non-hydrogen) atoms. The fourth-order valence-electron chi connectivity index (χ4n) is 1.52. The van der Waals surface area contributed by atoms with Crippen molar-refractivity contribution < 1.29 is 9.53 Å². The molecule has 2 N–H and O–H groups in total. The molecule has 1 atom stereocenters. The Hall–Kier alpha value is -0.610. The summed E-state index contributed by atoms with van der Waals surface area (Å²) in [5.41, 5.74) is 5.91. The molecule has 0 saturated heterocycles. The lowest BCUT2D eigenvalue weighted by Crippen LogP contribution is -2.37. The summed E-state index contributed by atoms with van der Waals surface area (Å²) in [7, 11) is 3.40. The first-order chi connectivity index (χ1) is 6.76. The number of esters is 1. The number of ether oxygens (including phenoxy) is 1. The predicted octanol–water partition coefficient (Wildman–Crippen LogP) is 0.855. The highest BCUT2D eigenvalue weighted by atomic mass is 16.5. The molecule has 0 heterocycles. The quantitative estimate of drug-likeness (QED) is 0.692. The first-order valence-electron chi connectivity index (χ1n) is 5.28. The van der Waals surface area contributed by atoms with Gasteiger partial charge in [0.15, 0.2) is 0 Å². The van der Waals surface area contributed by atoms with Crippen LogP contribution in [-0.4, -0.2) is 44.2 Å². The Kier molecular flexibility index (Phi) is 5.83. The van der Waals surface area contributed by atoms with Crippen molar-refractivity contribution in [3.8, 4) is 0 Å². The monoisotopic (exact) mass is 216 g/mol. The predicted molar refractivity (Wildman–Crippen MR) is 61.6 cm³/mol. The summed E-state index contributed by atoms with van der Waals surface area (Å²) in [5, 5.41) is 0. The smallest absolute Gasteiger partial charge is 0.322 e. The average molecular weight is 216 g/mol. The fraction of sp³-hybridized carbons (Fsp3) is 0.909. The van der Waals surface area contributed by atoms with Gasteiger partial charge >= 0.3 is 5.97 Å². The summed E-state index contributed by atoms with van der Waals surface area (Å²) in [4.78, 5) is 13.2. The zero-order chi connectivity index (χ0) is 12.1. The van der Waals surface area contributed by atoms with Gasteiger partial charge in [-0.05, 0) is 25.4 Å². The van der Waals surface area contributed by atoms with Crippen LogP contribution in [0.25, 0.3) is 0 Å². The van der Waals surface area contributed by atoms with E-state index in [1.807, 2.05) is 7.05 Å². The van der Waals surface area contributed by atoms with E-state index in [4.69, 9.17) is 5.73 Å². The van der Waals surface area contributed by atoms with E-state index < -0.39 is 6.04 Å². The van der Waals surface area contributed by atoms with Crippen LogP contribution in [0.15, 0.2) is 0 Å². The third-order valence-corrected chi connectivity index (χ3v) is 2.07. The second-order valence-electron chi connectivity index (χ2n) is 5.22. The lowest BCUT2D eigenvalue weighted by molar-refractivity contribution is -0.142. The molecule has 1 unspecified atom stereocenters. The number of rotatable bonds is 5. The SMILES string of the molecule is COC(=O)C(N)CCN(C)CC(C)(C)C. The minimum atomic E-state index is -0.502. The molecule has 4 nitrogen and oxygen atoms in total. The number of carbonyl (C=O) groups excluding carboxylic acids is 1. The molecule has 90 valence electrons. The van der Waals surface area contributed by atoms with Gasteiger partial charge in [0.2, 0.25) is 0 Å². The maximum absolute atomic E-state index is 11.0. The normalized spacial score (nSPS) is 14.1. The van der Waals surface area contributed by atoms with E-state index in [0.717, 1.165) is 13.1 Å². The van der Waals surface area contributed by atoms with Crippen molar-refractivity contribution in [3.63, 3.8) is 0 Å². The minimum absolute atomic E-state index is 0.268. The van der Waals surface area contributed by atoms with Gasteiger partial charge < -0.3 is 15.4 Å². The molecular formula is C11H24N2O2. The van der Waals surface area contributed by atoms with Crippen LogP contribution in [0.2, 0.25) is 0 Å². The molecule has 0 bridgehead atoms. The molecule has 0 radical (unpaired) electrons.